The van der Waals surface area contributed by atoms with Crippen LogP contribution in [0.3, 0.4) is 0 Å². The number of nitrogens with zero attached hydrogens (tertiary/aromatic N) is 2. The molecule has 1 aromatic rings. The summed E-state index contributed by atoms with van der Waals surface area (Å²) in [6, 6.07) is 0.246. The van der Waals surface area contributed by atoms with Crippen LogP contribution in [0.1, 0.15) is 50.9 Å². The lowest BCUT2D eigenvalue weighted by Crippen LogP contribution is -2.16. The average Bonchev–Trinajstić information content (AvgIpc) is 2.86. The number of halogens is 1. The molecule has 0 aliphatic carbocycles. The Morgan fingerprint density at radius 2 is 2.41 bits per heavy atom. The maximum Gasteiger partial charge on any atom is 0.0992 e. The summed E-state index contributed by atoms with van der Waals surface area (Å²) in [5.41, 5.74) is 0.857. The molecule has 5 heteroatoms. The van der Waals surface area contributed by atoms with E-state index in [4.69, 9.17) is 4.74 Å². The van der Waals surface area contributed by atoms with Gasteiger partial charge in [0.25, 0.3) is 0 Å². The Hall–Kier alpha value is -0.390. The van der Waals surface area contributed by atoms with Crippen molar-refractivity contribution >= 4 is 15.9 Å². The fourth-order valence-electron chi connectivity index (χ4n) is 2.26. The SMILES string of the molecule is CC(C)n1ncc(Br)c1C(O)CC1CCCO1. The van der Waals surface area contributed by atoms with Gasteiger partial charge in [0.15, 0.2) is 0 Å². The van der Waals surface area contributed by atoms with Gasteiger partial charge in [-0.05, 0) is 42.6 Å². The van der Waals surface area contributed by atoms with Gasteiger partial charge in [-0.1, -0.05) is 0 Å². The predicted octanol–water partition coefficient (Wildman–Crippen LogP) is 2.83. The number of hydrogen-bond donors (Lipinski definition) is 1. The van der Waals surface area contributed by atoms with E-state index in [1.54, 1.807) is 6.20 Å². The minimum atomic E-state index is -0.516. The Morgan fingerprint density at radius 1 is 1.65 bits per heavy atom. The van der Waals surface area contributed by atoms with Crippen LogP contribution in [0.25, 0.3) is 0 Å². The van der Waals surface area contributed by atoms with E-state index in [1.165, 1.54) is 0 Å². The highest BCUT2D eigenvalue weighted by Crippen LogP contribution is 2.31. The van der Waals surface area contributed by atoms with Crippen molar-refractivity contribution in [3.8, 4) is 0 Å². The molecule has 0 bridgehead atoms. The van der Waals surface area contributed by atoms with Gasteiger partial charge >= 0.3 is 0 Å². The monoisotopic (exact) mass is 302 g/mol. The van der Waals surface area contributed by atoms with E-state index in [-0.39, 0.29) is 12.1 Å². The van der Waals surface area contributed by atoms with Gasteiger partial charge in [0.1, 0.15) is 0 Å². The lowest BCUT2D eigenvalue weighted by Gasteiger charge is -2.19. The minimum Gasteiger partial charge on any atom is -0.387 e. The van der Waals surface area contributed by atoms with Crippen molar-refractivity contribution in [2.75, 3.05) is 6.61 Å². The van der Waals surface area contributed by atoms with E-state index in [9.17, 15) is 5.11 Å². The lowest BCUT2D eigenvalue weighted by molar-refractivity contribution is 0.0493. The molecule has 2 unspecified atom stereocenters. The zero-order chi connectivity index (χ0) is 12.4. The third kappa shape index (κ3) is 2.89. The molecule has 0 radical (unpaired) electrons. The number of rotatable bonds is 4. The molecule has 2 heterocycles. The quantitative estimate of drug-likeness (QED) is 0.930. The number of ether oxygens (including phenoxy) is 1. The van der Waals surface area contributed by atoms with Crippen molar-refractivity contribution < 1.29 is 9.84 Å². The lowest BCUT2D eigenvalue weighted by atomic mass is 10.1. The maximum absolute atomic E-state index is 10.3. The van der Waals surface area contributed by atoms with E-state index >= 15 is 0 Å². The summed E-state index contributed by atoms with van der Waals surface area (Å²) in [6.45, 7) is 4.94. The Morgan fingerprint density at radius 3 is 3.00 bits per heavy atom. The number of hydrogen-bond acceptors (Lipinski definition) is 3. The maximum atomic E-state index is 10.3. The van der Waals surface area contributed by atoms with E-state index in [2.05, 4.69) is 34.9 Å². The molecule has 4 nitrogen and oxygen atoms in total. The van der Waals surface area contributed by atoms with Gasteiger partial charge in [-0.15, -0.1) is 0 Å². The first-order chi connectivity index (χ1) is 8.09. The molecule has 2 atom stereocenters. The Kier molecular flexibility index (Phi) is 4.22. The highest BCUT2D eigenvalue weighted by molar-refractivity contribution is 9.10. The van der Waals surface area contributed by atoms with Gasteiger partial charge in [0.05, 0.1) is 28.6 Å². The fourth-order valence-corrected chi connectivity index (χ4v) is 2.80. The van der Waals surface area contributed by atoms with Crippen LogP contribution < -0.4 is 0 Å². The molecule has 0 spiro atoms. The van der Waals surface area contributed by atoms with Crippen LogP contribution in [-0.2, 0) is 4.74 Å². The second-order valence-corrected chi connectivity index (χ2v) is 5.66. The first-order valence-electron chi connectivity index (χ1n) is 6.12. The molecule has 1 fully saturated rings. The van der Waals surface area contributed by atoms with E-state index in [1.807, 2.05) is 4.68 Å². The summed E-state index contributed by atoms with van der Waals surface area (Å²) in [4.78, 5) is 0. The van der Waals surface area contributed by atoms with Crippen molar-refractivity contribution in [3.63, 3.8) is 0 Å². The zero-order valence-electron chi connectivity index (χ0n) is 10.3. The van der Waals surface area contributed by atoms with Crippen LogP contribution in [-0.4, -0.2) is 27.6 Å². The molecule has 1 saturated heterocycles. The van der Waals surface area contributed by atoms with Gasteiger partial charge in [0.2, 0.25) is 0 Å². The Balaban J connectivity index is 2.11. The van der Waals surface area contributed by atoms with Gasteiger partial charge in [0, 0.05) is 19.1 Å². The van der Waals surface area contributed by atoms with Crippen molar-refractivity contribution in [3.05, 3.63) is 16.4 Å². The summed E-state index contributed by atoms with van der Waals surface area (Å²) in [6.07, 6.45) is 4.21. The summed E-state index contributed by atoms with van der Waals surface area (Å²) in [5, 5.41) is 14.6. The van der Waals surface area contributed by atoms with Crippen LogP contribution in [0.2, 0.25) is 0 Å². The van der Waals surface area contributed by atoms with Gasteiger partial charge < -0.3 is 9.84 Å². The third-order valence-corrected chi connectivity index (χ3v) is 3.71. The fraction of sp³-hybridized carbons (Fsp3) is 0.750. The van der Waals surface area contributed by atoms with Gasteiger partial charge in [-0.3, -0.25) is 4.68 Å². The van der Waals surface area contributed by atoms with Crippen molar-refractivity contribution in [1.29, 1.82) is 0 Å². The number of aliphatic hydroxyl groups excluding tert-OH is 1. The second kappa shape index (κ2) is 5.50. The van der Waals surface area contributed by atoms with Crippen LogP contribution >= 0.6 is 15.9 Å². The summed E-state index contributed by atoms with van der Waals surface area (Å²) in [5.74, 6) is 0. The van der Waals surface area contributed by atoms with Crippen LogP contribution in [0.5, 0.6) is 0 Å². The van der Waals surface area contributed by atoms with Crippen molar-refractivity contribution in [2.24, 2.45) is 0 Å². The molecule has 2 rings (SSSR count). The molecular weight excluding hydrogens is 284 g/mol. The Labute approximate surface area is 110 Å². The first kappa shape index (κ1) is 13.1. The van der Waals surface area contributed by atoms with Crippen LogP contribution in [0.15, 0.2) is 10.7 Å². The normalized spacial score (nSPS) is 22.3. The number of aromatic nitrogens is 2. The van der Waals surface area contributed by atoms with Gasteiger partial charge in [-0.2, -0.15) is 5.10 Å². The number of aliphatic hydroxyl groups is 1. The first-order valence-corrected chi connectivity index (χ1v) is 6.91. The van der Waals surface area contributed by atoms with Gasteiger partial charge in [-0.25, -0.2) is 0 Å². The smallest absolute Gasteiger partial charge is 0.0992 e. The summed E-state index contributed by atoms with van der Waals surface area (Å²) in [7, 11) is 0. The van der Waals surface area contributed by atoms with Crippen LogP contribution in [0.4, 0.5) is 0 Å². The largest absolute Gasteiger partial charge is 0.387 e. The van der Waals surface area contributed by atoms with E-state index in [0.29, 0.717) is 6.42 Å². The molecule has 0 aromatic carbocycles. The molecule has 0 saturated carbocycles. The Bertz CT molecular complexity index is 373. The third-order valence-electron chi connectivity index (χ3n) is 3.10. The summed E-state index contributed by atoms with van der Waals surface area (Å²) >= 11 is 3.45. The molecule has 17 heavy (non-hydrogen) atoms. The standard InChI is InChI=1S/C12H19BrN2O2/c1-8(2)15-12(10(13)7-14-15)11(16)6-9-4-3-5-17-9/h7-9,11,16H,3-6H2,1-2H3. The molecule has 1 aliphatic rings. The highest BCUT2D eigenvalue weighted by Gasteiger charge is 2.25. The highest BCUT2D eigenvalue weighted by atomic mass is 79.9. The molecule has 0 amide bonds. The molecule has 1 aliphatic heterocycles. The molecule has 96 valence electrons. The van der Waals surface area contributed by atoms with Crippen molar-refractivity contribution in [2.45, 2.75) is 51.4 Å². The topological polar surface area (TPSA) is 47.3 Å². The summed E-state index contributed by atoms with van der Waals surface area (Å²) < 4.78 is 8.29. The molecular formula is C12H19BrN2O2. The zero-order valence-corrected chi connectivity index (χ0v) is 11.9. The second-order valence-electron chi connectivity index (χ2n) is 4.80. The average molecular weight is 303 g/mol. The van der Waals surface area contributed by atoms with Crippen molar-refractivity contribution in [1.82, 2.24) is 9.78 Å². The van der Waals surface area contributed by atoms with Crippen LogP contribution in [0, 0.1) is 0 Å². The predicted molar refractivity (Wildman–Crippen MR) is 68.9 cm³/mol. The van der Waals surface area contributed by atoms with E-state index in [0.717, 1.165) is 29.6 Å². The molecule has 1 aromatic heterocycles. The molecule has 1 N–H and O–H groups in total. The minimum absolute atomic E-state index is 0.187. The van der Waals surface area contributed by atoms with E-state index < -0.39 is 6.10 Å².